The Labute approximate surface area is 157 Å². The molecule has 0 radical (unpaired) electrons. The van der Waals surface area contributed by atoms with Crippen molar-refractivity contribution >= 4 is 11.9 Å². The summed E-state index contributed by atoms with van der Waals surface area (Å²) in [6.07, 6.45) is 1.96. The van der Waals surface area contributed by atoms with E-state index in [1.165, 1.54) is 17.8 Å². The Hall–Kier alpha value is -3.28. The van der Waals surface area contributed by atoms with Gasteiger partial charge in [-0.1, -0.05) is 48.0 Å². The molecule has 3 rings (SSSR count). The van der Waals surface area contributed by atoms with Crippen molar-refractivity contribution in [3.05, 3.63) is 89.0 Å². The van der Waals surface area contributed by atoms with Gasteiger partial charge in [-0.3, -0.25) is 4.79 Å². The number of carbonyl (C=O) groups is 1. The zero-order valence-electron chi connectivity index (χ0n) is 15.1. The van der Waals surface area contributed by atoms with Gasteiger partial charge in [0, 0.05) is 19.3 Å². The molecule has 1 amide bonds. The lowest BCUT2D eigenvalue weighted by atomic mass is 10.1. The number of aromatic nitrogens is 2. The predicted molar refractivity (Wildman–Crippen MR) is 103 cm³/mol. The van der Waals surface area contributed by atoms with Gasteiger partial charge in [0.25, 0.3) is 5.91 Å². The Kier molecular flexibility index (Phi) is 6.10. The lowest BCUT2D eigenvalue weighted by Gasteiger charge is -2.08. The van der Waals surface area contributed by atoms with Crippen molar-refractivity contribution in [2.75, 3.05) is 11.9 Å². The molecular formula is C21H21FN4O. The second kappa shape index (κ2) is 8.89. The average Bonchev–Trinajstić information content (AvgIpc) is 2.68. The van der Waals surface area contributed by atoms with E-state index in [-0.39, 0.29) is 17.4 Å². The normalized spacial score (nSPS) is 10.4. The number of benzene rings is 2. The monoisotopic (exact) mass is 364 g/mol. The summed E-state index contributed by atoms with van der Waals surface area (Å²) in [5.41, 5.74) is 3.13. The van der Waals surface area contributed by atoms with E-state index in [0.29, 0.717) is 31.0 Å². The van der Waals surface area contributed by atoms with E-state index >= 15 is 0 Å². The first-order valence-electron chi connectivity index (χ1n) is 8.76. The summed E-state index contributed by atoms with van der Waals surface area (Å²) in [5, 5.41) is 5.88. The van der Waals surface area contributed by atoms with E-state index in [0.717, 1.165) is 5.56 Å². The molecular weight excluding hydrogens is 343 g/mol. The van der Waals surface area contributed by atoms with E-state index < -0.39 is 0 Å². The zero-order valence-corrected chi connectivity index (χ0v) is 15.1. The highest BCUT2D eigenvalue weighted by molar-refractivity contribution is 5.92. The summed E-state index contributed by atoms with van der Waals surface area (Å²) in [6, 6.07) is 16.2. The van der Waals surface area contributed by atoms with E-state index in [2.05, 4.69) is 26.7 Å². The minimum Gasteiger partial charge on any atom is -0.350 e. The number of amides is 1. The molecule has 0 aliphatic heterocycles. The molecule has 0 unspecified atom stereocenters. The fraction of sp³-hybridized carbons (Fsp3) is 0.190. The van der Waals surface area contributed by atoms with Crippen LogP contribution in [0.15, 0.2) is 60.8 Å². The molecule has 0 aliphatic carbocycles. The Morgan fingerprint density at radius 1 is 1.11 bits per heavy atom. The standard InChI is InChI=1S/C21H21FN4O/c1-15-5-4-6-16(13-15)14-25-21-24-12-10-19(26-21)20(27)23-11-9-17-7-2-3-8-18(17)22/h2-8,10,12-13H,9,11,14H2,1H3,(H,23,27)(H,24,25,26). The lowest BCUT2D eigenvalue weighted by Crippen LogP contribution is -2.27. The summed E-state index contributed by atoms with van der Waals surface area (Å²) in [4.78, 5) is 20.7. The van der Waals surface area contributed by atoms with Crippen molar-refractivity contribution in [1.82, 2.24) is 15.3 Å². The van der Waals surface area contributed by atoms with Gasteiger partial charge >= 0.3 is 0 Å². The smallest absolute Gasteiger partial charge is 0.270 e. The largest absolute Gasteiger partial charge is 0.350 e. The Balaban J connectivity index is 1.54. The van der Waals surface area contributed by atoms with Crippen LogP contribution < -0.4 is 10.6 Å². The number of anilines is 1. The van der Waals surface area contributed by atoms with Crippen molar-refractivity contribution in [3.8, 4) is 0 Å². The highest BCUT2D eigenvalue weighted by atomic mass is 19.1. The van der Waals surface area contributed by atoms with Gasteiger partial charge in [0.05, 0.1) is 0 Å². The summed E-state index contributed by atoms with van der Waals surface area (Å²) < 4.78 is 13.6. The minimum atomic E-state index is -0.313. The van der Waals surface area contributed by atoms with E-state index in [9.17, 15) is 9.18 Å². The lowest BCUT2D eigenvalue weighted by molar-refractivity contribution is 0.0949. The third kappa shape index (κ3) is 5.34. The first-order valence-corrected chi connectivity index (χ1v) is 8.76. The van der Waals surface area contributed by atoms with Crippen molar-refractivity contribution in [3.63, 3.8) is 0 Å². The van der Waals surface area contributed by atoms with Crippen LogP contribution in [0.1, 0.15) is 27.2 Å². The van der Waals surface area contributed by atoms with Crippen molar-refractivity contribution in [2.45, 2.75) is 19.9 Å². The van der Waals surface area contributed by atoms with E-state index in [1.807, 2.05) is 25.1 Å². The van der Waals surface area contributed by atoms with E-state index in [4.69, 9.17) is 0 Å². The van der Waals surface area contributed by atoms with Crippen LogP contribution in [0.2, 0.25) is 0 Å². The fourth-order valence-corrected chi connectivity index (χ4v) is 2.68. The van der Waals surface area contributed by atoms with Crippen LogP contribution in [-0.2, 0) is 13.0 Å². The molecule has 1 aromatic heterocycles. The molecule has 3 aromatic rings. The van der Waals surface area contributed by atoms with Gasteiger partial charge in [-0.15, -0.1) is 0 Å². The number of hydrogen-bond acceptors (Lipinski definition) is 4. The topological polar surface area (TPSA) is 66.9 Å². The van der Waals surface area contributed by atoms with Gasteiger partial charge in [0.2, 0.25) is 5.95 Å². The van der Waals surface area contributed by atoms with Gasteiger partial charge in [-0.2, -0.15) is 0 Å². The number of carbonyl (C=O) groups excluding carboxylic acids is 1. The molecule has 0 spiro atoms. The first kappa shape index (κ1) is 18.5. The number of aryl methyl sites for hydroxylation is 1. The maximum atomic E-state index is 13.6. The summed E-state index contributed by atoms with van der Waals surface area (Å²) in [5.74, 6) is -0.193. The first-order chi connectivity index (χ1) is 13.1. The van der Waals surface area contributed by atoms with Gasteiger partial charge in [0.1, 0.15) is 11.5 Å². The number of hydrogen-bond donors (Lipinski definition) is 2. The van der Waals surface area contributed by atoms with Gasteiger partial charge in [-0.25, -0.2) is 14.4 Å². The van der Waals surface area contributed by atoms with Crippen LogP contribution in [0.25, 0.3) is 0 Å². The maximum absolute atomic E-state index is 13.6. The number of nitrogens with zero attached hydrogens (tertiary/aromatic N) is 2. The van der Waals surface area contributed by atoms with Crippen molar-refractivity contribution in [1.29, 1.82) is 0 Å². The molecule has 27 heavy (non-hydrogen) atoms. The molecule has 1 heterocycles. The predicted octanol–water partition coefficient (Wildman–Crippen LogP) is 3.51. The van der Waals surface area contributed by atoms with Crippen LogP contribution in [0.4, 0.5) is 10.3 Å². The minimum absolute atomic E-state index is 0.267. The van der Waals surface area contributed by atoms with Crippen LogP contribution in [0.5, 0.6) is 0 Å². The number of nitrogens with one attached hydrogen (secondary N) is 2. The highest BCUT2D eigenvalue weighted by Gasteiger charge is 2.09. The molecule has 138 valence electrons. The Morgan fingerprint density at radius 2 is 1.96 bits per heavy atom. The average molecular weight is 364 g/mol. The molecule has 2 N–H and O–H groups in total. The quantitative estimate of drug-likeness (QED) is 0.673. The Bertz CT molecular complexity index is 929. The maximum Gasteiger partial charge on any atom is 0.270 e. The second-order valence-electron chi connectivity index (χ2n) is 6.21. The van der Waals surface area contributed by atoms with Crippen LogP contribution in [-0.4, -0.2) is 22.4 Å². The third-order valence-electron chi connectivity index (χ3n) is 4.06. The van der Waals surface area contributed by atoms with Crippen LogP contribution in [0.3, 0.4) is 0 Å². The molecule has 5 nitrogen and oxygen atoms in total. The van der Waals surface area contributed by atoms with E-state index in [1.54, 1.807) is 24.3 Å². The van der Waals surface area contributed by atoms with Gasteiger partial charge in [0.15, 0.2) is 0 Å². The molecule has 0 saturated heterocycles. The molecule has 0 bridgehead atoms. The molecule has 6 heteroatoms. The summed E-state index contributed by atoms with van der Waals surface area (Å²) in [6.45, 7) is 2.93. The third-order valence-corrected chi connectivity index (χ3v) is 4.06. The van der Waals surface area contributed by atoms with Crippen molar-refractivity contribution in [2.24, 2.45) is 0 Å². The van der Waals surface area contributed by atoms with Gasteiger partial charge < -0.3 is 10.6 Å². The summed E-state index contributed by atoms with van der Waals surface area (Å²) in [7, 11) is 0. The highest BCUT2D eigenvalue weighted by Crippen LogP contribution is 2.08. The Morgan fingerprint density at radius 3 is 2.78 bits per heavy atom. The number of rotatable bonds is 7. The fourth-order valence-electron chi connectivity index (χ4n) is 2.68. The van der Waals surface area contributed by atoms with Crippen molar-refractivity contribution < 1.29 is 9.18 Å². The molecule has 2 aromatic carbocycles. The van der Waals surface area contributed by atoms with Crippen LogP contribution in [0, 0.1) is 12.7 Å². The molecule has 0 aliphatic rings. The second-order valence-corrected chi connectivity index (χ2v) is 6.21. The summed E-state index contributed by atoms with van der Waals surface area (Å²) >= 11 is 0. The number of halogens is 1. The molecule has 0 fully saturated rings. The molecule has 0 atom stereocenters. The SMILES string of the molecule is Cc1cccc(CNc2nccc(C(=O)NCCc3ccccc3F)n2)c1. The van der Waals surface area contributed by atoms with Crippen LogP contribution >= 0.6 is 0 Å². The zero-order chi connectivity index (χ0) is 19.1. The molecule has 0 saturated carbocycles. The van der Waals surface area contributed by atoms with Gasteiger partial charge in [-0.05, 0) is 36.6 Å².